The summed E-state index contributed by atoms with van der Waals surface area (Å²) in [5.74, 6) is -1.66. The molecule has 1 atom stereocenters. The number of nitrogens with one attached hydrogen (secondary N) is 1. The van der Waals surface area contributed by atoms with Crippen molar-refractivity contribution >= 4 is 34.8 Å². The molecular weight excluding hydrogens is 294 g/mol. The van der Waals surface area contributed by atoms with Gasteiger partial charge in [-0.15, -0.1) is 0 Å². The lowest BCUT2D eigenvalue weighted by Gasteiger charge is -2.25. The zero-order chi connectivity index (χ0) is 14.1. The second kappa shape index (κ2) is 4.95. The molecule has 0 aliphatic heterocycles. The van der Waals surface area contributed by atoms with Crippen LogP contribution >= 0.6 is 23.2 Å². The molecule has 1 rings (SSSR count). The van der Waals surface area contributed by atoms with Crippen LogP contribution in [0.15, 0.2) is 18.2 Å². The first kappa shape index (κ1) is 15.1. The molecule has 0 saturated heterocycles. The largest absolute Gasteiger partial charge is 0.426 e. The molecule has 18 heavy (non-hydrogen) atoms. The fourth-order valence-electron chi connectivity index (χ4n) is 0.981. The summed E-state index contributed by atoms with van der Waals surface area (Å²) in [6.07, 6.45) is -5.11. The van der Waals surface area contributed by atoms with Gasteiger partial charge in [-0.1, -0.05) is 29.3 Å². The van der Waals surface area contributed by atoms with E-state index in [1.807, 2.05) is 5.32 Å². The number of aliphatic hydroxyl groups is 1. The fourth-order valence-corrected chi connectivity index (χ4v) is 1.47. The molecule has 1 aromatic carbocycles. The first-order chi connectivity index (χ1) is 8.07. The van der Waals surface area contributed by atoms with Gasteiger partial charge in [-0.3, -0.25) is 4.79 Å². The van der Waals surface area contributed by atoms with Crippen molar-refractivity contribution in [1.82, 2.24) is 0 Å². The molecule has 1 unspecified atom stereocenters. The van der Waals surface area contributed by atoms with Crippen LogP contribution in [0.2, 0.25) is 10.0 Å². The Bertz CT molecular complexity index is 454. The van der Waals surface area contributed by atoms with Crippen molar-refractivity contribution in [2.75, 3.05) is 5.32 Å². The van der Waals surface area contributed by atoms with Crippen molar-refractivity contribution in [2.24, 2.45) is 0 Å². The maximum absolute atomic E-state index is 12.4. The highest BCUT2D eigenvalue weighted by Gasteiger charge is 2.55. The summed E-state index contributed by atoms with van der Waals surface area (Å²) >= 11 is 11.4. The van der Waals surface area contributed by atoms with E-state index in [4.69, 9.17) is 28.3 Å². The van der Waals surface area contributed by atoms with E-state index >= 15 is 0 Å². The molecule has 1 aromatic rings. The van der Waals surface area contributed by atoms with Gasteiger partial charge in [0.25, 0.3) is 5.91 Å². The molecule has 0 fully saturated rings. The number of rotatable bonds is 2. The molecule has 0 spiro atoms. The third kappa shape index (κ3) is 2.88. The Hall–Kier alpha value is -0.980. The van der Waals surface area contributed by atoms with Gasteiger partial charge in [0, 0.05) is 0 Å². The maximum Gasteiger partial charge on any atom is 0.426 e. The highest BCUT2D eigenvalue weighted by molar-refractivity contribution is 6.39. The Kier molecular flexibility index (Phi) is 4.15. The van der Waals surface area contributed by atoms with E-state index in [-0.39, 0.29) is 15.7 Å². The van der Waals surface area contributed by atoms with Crippen LogP contribution in [-0.4, -0.2) is 22.8 Å². The monoisotopic (exact) mass is 301 g/mol. The third-order valence-electron chi connectivity index (χ3n) is 2.20. The van der Waals surface area contributed by atoms with E-state index in [0.29, 0.717) is 6.92 Å². The van der Waals surface area contributed by atoms with E-state index in [2.05, 4.69) is 0 Å². The molecule has 100 valence electrons. The third-order valence-corrected chi connectivity index (χ3v) is 2.83. The van der Waals surface area contributed by atoms with E-state index in [1.165, 1.54) is 18.2 Å². The number of halogens is 5. The first-order valence-electron chi connectivity index (χ1n) is 4.62. The smallest absolute Gasteiger partial charge is 0.373 e. The lowest BCUT2D eigenvalue weighted by molar-refractivity contribution is -0.242. The lowest BCUT2D eigenvalue weighted by atomic mass is 10.1. The van der Waals surface area contributed by atoms with Crippen molar-refractivity contribution in [2.45, 2.75) is 18.7 Å². The number of amides is 1. The van der Waals surface area contributed by atoms with Crippen LogP contribution in [0, 0.1) is 0 Å². The van der Waals surface area contributed by atoms with Gasteiger partial charge in [0.2, 0.25) is 5.60 Å². The number of carbonyl (C=O) groups excluding carboxylic acids is 1. The van der Waals surface area contributed by atoms with Gasteiger partial charge in [-0.2, -0.15) is 13.2 Å². The van der Waals surface area contributed by atoms with E-state index in [0.717, 1.165) is 0 Å². The topological polar surface area (TPSA) is 49.3 Å². The summed E-state index contributed by atoms with van der Waals surface area (Å²) in [4.78, 5) is 11.4. The zero-order valence-electron chi connectivity index (χ0n) is 8.98. The van der Waals surface area contributed by atoms with Crippen molar-refractivity contribution in [3.05, 3.63) is 28.2 Å². The Morgan fingerprint density at radius 3 is 2.11 bits per heavy atom. The summed E-state index contributed by atoms with van der Waals surface area (Å²) in [5.41, 5.74) is -3.72. The molecule has 0 aromatic heterocycles. The fraction of sp³-hybridized carbons (Fsp3) is 0.300. The quantitative estimate of drug-likeness (QED) is 0.881. The lowest BCUT2D eigenvalue weighted by Crippen LogP contribution is -2.52. The Balaban J connectivity index is 3.03. The summed E-state index contributed by atoms with van der Waals surface area (Å²) in [6.45, 7) is 0.340. The van der Waals surface area contributed by atoms with Gasteiger partial charge in [0.05, 0.1) is 15.7 Å². The highest BCUT2D eigenvalue weighted by Crippen LogP contribution is 2.34. The number of alkyl halides is 3. The van der Waals surface area contributed by atoms with Crippen LogP contribution < -0.4 is 5.32 Å². The molecule has 0 radical (unpaired) electrons. The van der Waals surface area contributed by atoms with Gasteiger partial charge in [0.1, 0.15) is 0 Å². The summed E-state index contributed by atoms with van der Waals surface area (Å²) in [5, 5.41) is 10.9. The second-order valence-corrected chi connectivity index (χ2v) is 4.44. The van der Waals surface area contributed by atoms with Crippen LogP contribution in [0.4, 0.5) is 18.9 Å². The van der Waals surface area contributed by atoms with Crippen LogP contribution in [0.3, 0.4) is 0 Å². The minimum atomic E-state index is -5.11. The summed E-state index contributed by atoms with van der Waals surface area (Å²) in [7, 11) is 0. The molecular formula is C10H8Cl2F3NO2. The van der Waals surface area contributed by atoms with Gasteiger partial charge >= 0.3 is 6.18 Å². The number of hydrogen-bond donors (Lipinski definition) is 2. The molecule has 0 heterocycles. The highest BCUT2D eigenvalue weighted by atomic mass is 35.5. The van der Waals surface area contributed by atoms with Crippen molar-refractivity contribution in [3.63, 3.8) is 0 Å². The van der Waals surface area contributed by atoms with E-state index in [9.17, 15) is 18.0 Å². The molecule has 1 amide bonds. The normalized spacial score (nSPS) is 15.1. The second-order valence-electron chi connectivity index (χ2n) is 3.62. The molecule has 3 nitrogen and oxygen atoms in total. The predicted octanol–water partition coefficient (Wildman–Crippen LogP) is 3.25. The SMILES string of the molecule is CC(O)(C(=O)Nc1c(Cl)cccc1Cl)C(F)(F)F. The van der Waals surface area contributed by atoms with Gasteiger partial charge in [-0.05, 0) is 19.1 Å². The molecule has 0 aliphatic carbocycles. The van der Waals surface area contributed by atoms with Crippen LogP contribution in [-0.2, 0) is 4.79 Å². The minimum absolute atomic E-state index is 0.0335. The number of benzene rings is 1. The molecule has 0 bridgehead atoms. The van der Waals surface area contributed by atoms with E-state index in [1.54, 1.807) is 0 Å². The standard InChI is InChI=1S/C10H8Cl2F3NO2/c1-9(18,10(13,14)15)8(17)16-7-5(11)3-2-4-6(7)12/h2-4,18H,1H3,(H,16,17). The molecule has 0 aliphatic rings. The minimum Gasteiger partial charge on any atom is -0.373 e. The van der Waals surface area contributed by atoms with Crippen molar-refractivity contribution < 1.29 is 23.1 Å². The average Bonchev–Trinajstić information content (AvgIpc) is 2.21. The van der Waals surface area contributed by atoms with Crippen LogP contribution in [0.5, 0.6) is 0 Å². The van der Waals surface area contributed by atoms with Gasteiger partial charge in [-0.25, -0.2) is 0 Å². The first-order valence-corrected chi connectivity index (χ1v) is 5.37. The molecule has 2 N–H and O–H groups in total. The van der Waals surface area contributed by atoms with Gasteiger partial charge in [0.15, 0.2) is 0 Å². The summed E-state index contributed by atoms with van der Waals surface area (Å²) < 4.78 is 37.2. The zero-order valence-corrected chi connectivity index (χ0v) is 10.5. The van der Waals surface area contributed by atoms with Crippen LogP contribution in [0.1, 0.15) is 6.92 Å². The summed E-state index contributed by atoms with van der Waals surface area (Å²) in [6, 6.07) is 4.14. The maximum atomic E-state index is 12.4. The number of hydrogen-bond acceptors (Lipinski definition) is 2. The molecule has 0 saturated carbocycles. The number of anilines is 1. The van der Waals surface area contributed by atoms with Gasteiger partial charge < -0.3 is 10.4 Å². The van der Waals surface area contributed by atoms with E-state index < -0.39 is 17.7 Å². The average molecular weight is 302 g/mol. The van der Waals surface area contributed by atoms with Crippen LogP contribution in [0.25, 0.3) is 0 Å². The predicted molar refractivity (Wildman–Crippen MR) is 61.8 cm³/mol. The van der Waals surface area contributed by atoms with Crippen molar-refractivity contribution in [1.29, 1.82) is 0 Å². The van der Waals surface area contributed by atoms with Crippen molar-refractivity contribution in [3.8, 4) is 0 Å². The number of para-hydroxylation sites is 1. The molecule has 8 heteroatoms. The Morgan fingerprint density at radius 1 is 1.28 bits per heavy atom. The number of carbonyl (C=O) groups is 1. The Morgan fingerprint density at radius 2 is 1.72 bits per heavy atom. The Labute approximate surface area is 110 Å².